The number of hydrogen-bond acceptors (Lipinski definition) is 4. The van der Waals surface area contributed by atoms with Gasteiger partial charge in [-0.15, -0.1) is 0 Å². The fraction of sp³-hybridized carbons (Fsp3) is 0.333. The Hall–Kier alpha value is -2.86. The number of ether oxygens (including phenoxy) is 1. The molecule has 1 heterocycles. The van der Waals surface area contributed by atoms with Crippen molar-refractivity contribution >= 4 is 10.9 Å². The fourth-order valence-corrected chi connectivity index (χ4v) is 3.19. The van der Waals surface area contributed by atoms with Gasteiger partial charge in [0.25, 0.3) is 5.56 Å². The van der Waals surface area contributed by atoms with Crippen LogP contribution in [0.5, 0.6) is 5.75 Å². The molecule has 0 spiro atoms. The van der Waals surface area contributed by atoms with Crippen molar-refractivity contribution in [3.8, 4) is 5.75 Å². The van der Waals surface area contributed by atoms with Gasteiger partial charge in [0, 0.05) is 12.1 Å². The van der Waals surface area contributed by atoms with E-state index < -0.39 is 11.3 Å². The molecule has 3 N–H and O–H groups in total. The van der Waals surface area contributed by atoms with Crippen LogP contribution >= 0.6 is 0 Å². The first-order chi connectivity index (χ1) is 12.7. The molecule has 3 rings (SSSR count). The summed E-state index contributed by atoms with van der Waals surface area (Å²) in [5, 5.41) is 0.478. The molecular formula is C21H25N3O3. The summed E-state index contributed by atoms with van der Waals surface area (Å²) in [6.07, 6.45) is 0. The van der Waals surface area contributed by atoms with E-state index in [1.54, 1.807) is 22.8 Å². The first-order valence-corrected chi connectivity index (χ1v) is 8.93. The Kier molecular flexibility index (Phi) is 4.93. The van der Waals surface area contributed by atoms with Crippen molar-refractivity contribution in [3.05, 3.63) is 73.9 Å². The summed E-state index contributed by atoms with van der Waals surface area (Å²) in [6.45, 7) is 8.49. The molecule has 3 aromatic rings. The van der Waals surface area contributed by atoms with E-state index in [1.807, 2.05) is 45.9 Å². The largest absolute Gasteiger partial charge is 0.486 e. The number of nitrogens with one attached hydrogen (secondary N) is 1. The number of H-pyrrole nitrogens is 1. The summed E-state index contributed by atoms with van der Waals surface area (Å²) in [4.78, 5) is 27.0. The minimum atomic E-state index is -0.535. The molecule has 0 atom stereocenters. The molecule has 0 unspecified atom stereocenters. The molecule has 27 heavy (non-hydrogen) atoms. The first-order valence-electron chi connectivity index (χ1n) is 8.93. The highest BCUT2D eigenvalue weighted by atomic mass is 16.5. The summed E-state index contributed by atoms with van der Waals surface area (Å²) in [7, 11) is 0. The van der Waals surface area contributed by atoms with E-state index in [4.69, 9.17) is 10.5 Å². The third-order valence-electron chi connectivity index (χ3n) is 4.60. The topological polar surface area (TPSA) is 90.1 Å². The van der Waals surface area contributed by atoms with Crippen LogP contribution in [-0.2, 0) is 6.54 Å². The standard InChI is InChI=1S/C21H25N3O3/c1-13-9-14(2)18(27-21(3,4)12-22)15(10-13)11-24-17-8-6-5-7-16(17)19(25)23-20(24)26/h5-10H,11-12,22H2,1-4H3,(H,23,25,26). The SMILES string of the molecule is Cc1cc(C)c(OC(C)(C)CN)c(Cn2c(=O)[nH]c(=O)c3ccccc32)c1. The molecule has 2 aromatic carbocycles. The monoisotopic (exact) mass is 367 g/mol. The van der Waals surface area contributed by atoms with Crippen molar-refractivity contribution < 1.29 is 4.74 Å². The highest BCUT2D eigenvalue weighted by Crippen LogP contribution is 2.29. The summed E-state index contributed by atoms with van der Waals surface area (Å²) >= 11 is 0. The number of nitrogens with zero attached hydrogens (tertiary/aromatic N) is 1. The van der Waals surface area contributed by atoms with Crippen LogP contribution in [0.1, 0.15) is 30.5 Å². The van der Waals surface area contributed by atoms with Crippen LogP contribution in [0.2, 0.25) is 0 Å². The van der Waals surface area contributed by atoms with Crippen LogP contribution in [0.3, 0.4) is 0 Å². The van der Waals surface area contributed by atoms with Gasteiger partial charge in [0.15, 0.2) is 0 Å². The summed E-state index contributed by atoms with van der Waals surface area (Å²) in [6, 6.07) is 11.1. The predicted octanol–water partition coefficient (Wildman–Crippen LogP) is 2.47. The molecule has 0 bridgehead atoms. The van der Waals surface area contributed by atoms with E-state index in [-0.39, 0.29) is 12.1 Å². The van der Waals surface area contributed by atoms with Gasteiger partial charge in [-0.05, 0) is 45.4 Å². The van der Waals surface area contributed by atoms with E-state index in [1.165, 1.54) is 0 Å². The smallest absolute Gasteiger partial charge is 0.329 e. The molecule has 0 aliphatic heterocycles. The number of benzene rings is 2. The van der Waals surface area contributed by atoms with Gasteiger partial charge in [0.1, 0.15) is 11.4 Å². The van der Waals surface area contributed by atoms with Crippen molar-refractivity contribution in [1.29, 1.82) is 0 Å². The van der Waals surface area contributed by atoms with E-state index in [9.17, 15) is 9.59 Å². The zero-order valence-electron chi connectivity index (χ0n) is 16.1. The molecule has 6 nitrogen and oxygen atoms in total. The van der Waals surface area contributed by atoms with E-state index in [0.717, 1.165) is 22.4 Å². The van der Waals surface area contributed by atoms with Crippen LogP contribution in [0.15, 0.2) is 46.0 Å². The molecule has 0 radical (unpaired) electrons. The quantitative estimate of drug-likeness (QED) is 0.725. The molecule has 0 aliphatic carbocycles. The Labute approximate surface area is 157 Å². The van der Waals surface area contributed by atoms with Gasteiger partial charge in [-0.1, -0.05) is 29.8 Å². The maximum Gasteiger partial charge on any atom is 0.329 e. The van der Waals surface area contributed by atoms with Crippen molar-refractivity contribution in [1.82, 2.24) is 9.55 Å². The number of fused-ring (bicyclic) bond motifs is 1. The van der Waals surface area contributed by atoms with Crippen LogP contribution in [0.25, 0.3) is 10.9 Å². The second kappa shape index (κ2) is 7.04. The van der Waals surface area contributed by atoms with Gasteiger partial charge in [-0.2, -0.15) is 0 Å². The molecule has 0 fully saturated rings. The number of hydrogen-bond donors (Lipinski definition) is 2. The number of aryl methyl sites for hydroxylation is 2. The normalized spacial score (nSPS) is 11.7. The summed E-state index contributed by atoms with van der Waals surface area (Å²) in [5.41, 5.74) is 7.99. The minimum Gasteiger partial charge on any atom is -0.486 e. The molecule has 0 amide bonds. The van der Waals surface area contributed by atoms with Crippen molar-refractivity contribution in [2.45, 2.75) is 39.8 Å². The lowest BCUT2D eigenvalue weighted by molar-refractivity contribution is 0.116. The average molecular weight is 367 g/mol. The van der Waals surface area contributed by atoms with Crippen LogP contribution in [0, 0.1) is 13.8 Å². The third kappa shape index (κ3) is 3.80. The molecule has 142 valence electrons. The average Bonchev–Trinajstić information content (AvgIpc) is 2.61. The summed E-state index contributed by atoms with van der Waals surface area (Å²) < 4.78 is 7.77. The second-order valence-corrected chi connectivity index (χ2v) is 7.50. The molecular weight excluding hydrogens is 342 g/mol. The number of aromatic nitrogens is 2. The maximum atomic E-state index is 12.5. The number of rotatable bonds is 5. The Balaban J connectivity index is 2.18. The van der Waals surface area contributed by atoms with E-state index in [0.29, 0.717) is 17.4 Å². The maximum absolute atomic E-state index is 12.5. The molecule has 0 aliphatic rings. The van der Waals surface area contributed by atoms with Crippen LogP contribution < -0.4 is 21.7 Å². The minimum absolute atomic E-state index is 0.286. The van der Waals surface area contributed by atoms with Gasteiger partial charge in [0.2, 0.25) is 0 Å². The molecule has 0 saturated heterocycles. The summed E-state index contributed by atoms with van der Waals surface area (Å²) in [5.74, 6) is 0.721. The number of nitrogens with two attached hydrogens (primary N) is 1. The number of para-hydroxylation sites is 1. The first kappa shape index (κ1) is 18.9. The lowest BCUT2D eigenvalue weighted by Gasteiger charge is -2.28. The van der Waals surface area contributed by atoms with Crippen molar-refractivity contribution in [3.63, 3.8) is 0 Å². The van der Waals surface area contributed by atoms with Crippen molar-refractivity contribution in [2.75, 3.05) is 6.54 Å². The molecule has 6 heteroatoms. The highest BCUT2D eigenvalue weighted by molar-refractivity contribution is 5.77. The Morgan fingerprint density at radius 3 is 2.56 bits per heavy atom. The number of aromatic amines is 1. The van der Waals surface area contributed by atoms with E-state index >= 15 is 0 Å². The Morgan fingerprint density at radius 1 is 1.15 bits per heavy atom. The van der Waals surface area contributed by atoms with Gasteiger partial charge >= 0.3 is 5.69 Å². The zero-order chi connectivity index (χ0) is 19.8. The Morgan fingerprint density at radius 2 is 1.85 bits per heavy atom. The molecule has 0 saturated carbocycles. The van der Waals surface area contributed by atoms with Gasteiger partial charge in [-0.25, -0.2) is 4.79 Å². The fourth-order valence-electron chi connectivity index (χ4n) is 3.19. The Bertz CT molecular complexity index is 1110. The van der Waals surface area contributed by atoms with Crippen LogP contribution in [0.4, 0.5) is 0 Å². The predicted molar refractivity (Wildman–Crippen MR) is 108 cm³/mol. The van der Waals surface area contributed by atoms with Gasteiger partial charge in [-0.3, -0.25) is 14.3 Å². The van der Waals surface area contributed by atoms with Gasteiger partial charge < -0.3 is 10.5 Å². The van der Waals surface area contributed by atoms with Gasteiger partial charge in [0.05, 0.1) is 17.4 Å². The lowest BCUT2D eigenvalue weighted by atomic mass is 10.0. The highest BCUT2D eigenvalue weighted by Gasteiger charge is 2.21. The van der Waals surface area contributed by atoms with Crippen LogP contribution in [-0.4, -0.2) is 21.7 Å². The zero-order valence-corrected chi connectivity index (χ0v) is 16.1. The lowest BCUT2D eigenvalue weighted by Crippen LogP contribution is -2.38. The second-order valence-electron chi connectivity index (χ2n) is 7.50. The third-order valence-corrected chi connectivity index (χ3v) is 4.60. The van der Waals surface area contributed by atoms with Crippen molar-refractivity contribution in [2.24, 2.45) is 5.73 Å². The van der Waals surface area contributed by atoms with E-state index in [2.05, 4.69) is 4.98 Å². The molecule has 1 aromatic heterocycles.